The van der Waals surface area contributed by atoms with Crippen molar-refractivity contribution in [3.05, 3.63) is 0 Å². The zero-order valence-electron chi connectivity index (χ0n) is 14.3. The first kappa shape index (κ1) is 15.9. The van der Waals surface area contributed by atoms with Crippen LogP contribution in [0.4, 0.5) is 0 Å². The average molecular weight is 333 g/mol. The van der Waals surface area contributed by atoms with Crippen molar-refractivity contribution in [3.63, 3.8) is 0 Å². The summed E-state index contributed by atoms with van der Waals surface area (Å²) in [5.74, 6) is 0.262. The van der Waals surface area contributed by atoms with Crippen LogP contribution >= 0.6 is 0 Å². The molecule has 2 saturated carbocycles. The number of piperidine rings is 1. The monoisotopic (exact) mass is 333 g/mol. The van der Waals surface area contributed by atoms with Crippen molar-refractivity contribution in [1.29, 1.82) is 0 Å². The zero-order valence-corrected chi connectivity index (χ0v) is 14.3. The number of hydrogen-bond donors (Lipinski definition) is 0. The lowest BCUT2D eigenvalue weighted by atomic mass is 9.95. The summed E-state index contributed by atoms with van der Waals surface area (Å²) in [4.78, 5) is 43.0. The van der Waals surface area contributed by atoms with Crippen LogP contribution in [0.2, 0.25) is 0 Å². The number of carbonyl (C=O) groups excluding carboxylic acids is 3. The second-order valence-electron chi connectivity index (χ2n) is 7.80. The first-order valence-corrected chi connectivity index (χ1v) is 9.51. The molecule has 24 heavy (non-hydrogen) atoms. The SMILES string of the molecule is O=C([C@@H]1CCC(=O)N(C2CC2)C1)N1CCN(C2CCCC2)C(=O)C1. The minimum Gasteiger partial charge on any atom is -0.339 e. The molecular formula is C18H27N3O3. The van der Waals surface area contributed by atoms with Gasteiger partial charge in [-0.05, 0) is 32.1 Å². The summed E-state index contributed by atoms with van der Waals surface area (Å²) in [5.41, 5.74) is 0. The van der Waals surface area contributed by atoms with E-state index in [1.165, 1.54) is 12.8 Å². The molecule has 2 aliphatic heterocycles. The van der Waals surface area contributed by atoms with E-state index in [9.17, 15) is 14.4 Å². The standard InChI is InChI=1S/C18H27N3O3/c22-16-8-5-13(11-21(16)15-6-7-15)18(24)19-9-10-20(17(23)12-19)14-3-1-2-4-14/h13-15H,1-12H2/t13-/m1/s1. The molecule has 2 saturated heterocycles. The van der Waals surface area contributed by atoms with Crippen LogP contribution in [-0.2, 0) is 14.4 Å². The summed E-state index contributed by atoms with van der Waals surface area (Å²) >= 11 is 0. The molecule has 0 N–H and O–H groups in total. The van der Waals surface area contributed by atoms with E-state index in [0.29, 0.717) is 44.6 Å². The second kappa shape index (κ2) is 6.37. The molecule has 132 valence electrons. The maximum Gasteiger partial charge on any atom is 0.242 e. The number of rotatable bonds is 3. The molecular weight excluding hydrogens is 306 g/mol. The summed E-state index contributed by atoms with van der Waals surface area (Å²) in [5, 5.41) is 0. The summed E-state index contributed by atoms with van der Waals surface area (Å²) in [6, 6.07) is 0.765. The van der Waals surface area contributed by atoms with Crippen molar-refractivity contribution < 1.29 is 14.4 Å². The molecule has 6 heteroatoms. The molecule has 0 unspecified atom stereocenters. The van der Waals surface area contributed by atoms with Crippen molar-refractivity contribution in [2.75, 3.05) is 26.2 Å². The number of piperazine rings is 1. The lowest BCUT2D eigenvalue weighted by Crippen LogP contribution is -2.57. The number of likely N-dealkylation sites (tertiary alicyclic amines) is 1. The van der Waals surface area contributed by atoms with E-state index >= 15 is 0 Å². The van der Waals surface area contributed by atoms with Gasteiger partial charge in [0.1, 0.15) is 0 Å². The Hall–Kier alpha value is -1.59. The van der Waals surface area contributed by atoms with Gasteiger partial charge in [0.15, 0.2) is 0 Å². The van der Waals surface area contributed by atoms with Gasteiger partial charge < -0.3 is 14.7 Å². The zero-order chi connectivity index (χ0) is 16.7. The van der Waals surface area contributed by atoms with Crippen LogP contribution in [0.3, 0.4) is 0 Å². The van der Waals surface area contributed by atoms with Crippen molar-refractivity contribution in [3.8, 4) is 0 Å². The normalized spacial score (nSPS) is 29.5. The number of hydrogen-bond acceptors (Lipinski definition) is 3. The van der Waals surface area contributed by atoms with E-state index < -0.39 is 0 Å². The lowest BCUT2D eigenvalue weighted by molar-refractivity contribution is -0.152. The molecule has 4 rings (SSSR count). The third kappa shape index (κ3) is 3.03. The van der Waals surface area contributed by atoms with Gasteiger partial charge >= 0.3 is 0 Å². The Kier molecular flexibility index (Phi) is 4.22. The summed E-state index contributed by atoms with van der Waals surface area (Å²) < 4.78 is 0. The maximum absolute atomic E-state index is 12.8. The molecule has 4 fully saturated rings. The first-order valence-electron chi connectivity index (χ1n) is 9.51. The van der Waals surface area contributed by atoms with Gasteiger partial charge in [0, 0.05) is 38.1 Å². The Labute approximate surface area is 143 Å². The Morgan fingerprint density at radius 3 is 2.21 bits per heavy atom. The van der Waals surface area contributed by atoms with Crippen molar-refractivity contribution >= 4 is 17.7 Å². The van der Waals surface area contributed by atoms with E-state index in [0.717, 1.165) is 25.7 Å². The highest BCUT2D eigenvalue weighted by atomic mass is 16.2. The van der Waals surface area contributed by atoms with Gasteiger partial charge in [-0.15, -0.1) is 0 Å². The second-order valence-corrected chi connectivity index (χ2v) is 7.80. The molecule has 4 aliphatic rings. The largest absolute Gasteiger partial charge is 0.339 e. The highest BCUT2D eigenvalue weighted by Gasteiger charge is 2.41. The van der Waals surface area contributed by atoms with Crippen LogP contribution in [-0.4, -0.2) is 70.7 Å². The van der Waals surface area contributed by atoms with E-state index in [1.807, 2.05) is 9.80 Å². The van der Waals surface area contributed by atoms with Gasteiger partial charge in [0.25, 0.3) is 0 Å². The Balaban J connectivity index is 1.35. The Bertz CT molecular complexity index is 540. The number of carbonyl (C=O) groups is 3. The van der Waals surface area contributed by atoms with Gasteiger partial charge in [-0.1, -0.05) is 12.8 Å². The van der Waals surface area contributed by atoms with E-state index in [-0.39, 0.29) is 30.2 Å². The quantitative estimate of drug-likeness (QED) is 0.774. The molecule has 3 amide bonds. The fourth-order valence-electron chi connectivity index (χ4n) is 4.55. The van der Waals surface area contributed by atoms with Crippen molar-refractivity contribution in [2.24, 2.45) is 5.92 Å². The first-order chi connectivity index (χ1) is 11.6. The lowest BCUT2D eigenvalue weighted by Gasteiger charge is -2.40. The molecule has 0 radical (unpaired) electrons. The minimum absolute atomic E-state index is 0.0765. The van der Waals surface area contributed by atoms with E-state index in [4.69, 9.17) is 0 Å². The van der Waals surface area contributed by atoms with Crippen molar-refractivity contribution in [1.82, 2.24) is 14.7 Å². The van der Waals surface area contributed by atoms with Crippen LogP contribution < -0.4 is 0 Å². The minimum atomic E-state index is -0.117. The summed E-state index contributed by atoms with van der Waals surface area (Å²) in [6.45, 7) is 2.10. The fraction of sp³-hybridized carbons (Fsp3) is 0.833. The summed E-state index contributed by atoms with van der Waals surface area (Å²) in [6.07, 6.45) is 7.91. The third-order valence-electron chi connectivity index (χ3n) is 6.12. The summed E-state index contributed by atoms with van der Waals surface area (Å²) in [7, 11) is 0. The molecule has 0 spiro atoms. The van der Waals surface area contributed by atoms with E-state index in [2.05, 4.69) is 0 Å². The van der Waals surface area contributed by atoms with Crippen molar-refractivity contribution in [2.45, 2.75) is 63.5 Å². The Morgan fingerprint density at radius 2 is 1.54 bits per heavy atom. The van der Waals surface area contributed by atoms with Crippen LogP contribution in [0.15, 0.2) is 0 Å². The van der Waals surface area contributed by atoms with E-state index in [1.54, 1.807) is 4.90 Å². The third-order valence-corrected chi connectivity index (χ3v) is 6.12. The highest BCUT2D eigenvalue weighted by molar-refractivity contribution is 5.89. The molecule has 6 nitrogen and oxygen atoms in total. The molecule has 0 aromatic heterocycles. The Morgan fingerprint density at radius 1 is 0.833 bits per heavy atom. The number of amides is 3. The van der Waals surface area contributed by atoms with Gasteiger partial charge in [-0.3, -0.25) is 14.4 Å². The van der Waals surface area contributed by atoms with Crippen LogP contribution in [0.25, 0.3) is 0 Å². The predicted octanol–water partition coefficient (Wildman–Crippen LogP) is 1.00. The fourth-order valence-corrected chi connectivity index (χ4v) is 4.55. The topological polar surface area (TPSA) is 60.9 Å². The molecule has 0 bridgehead atoms. The predicted molar refractivity (Wildman–Crippen MR) is 88.0 cm³/mol. The molecule has 0 aromatic carbocycles. The van der Waals surface area contributed by atoms with Gasteiger partial charge in [-0.2, -0.15) is 0 Å². The van der Waals surface area contributed by atoms with Crippen LogP contribution in [0, 0.1) is 5.92 Å². The molecule has 1 atom stereocenters. The molecule has 2 heterocycles. The number of nitrogens with zero attached hydrogens (tertiary/aromatic N) is 3. The highest BCUT2D eigenvalue weighted by Crippen LogP contribution is 2.32. The van der Waals surface area contributed by atoms with Gasteiger partial charge in [0.2, 0.25) is 17.7 Å². The molecule has 0 aromatic rings. The average Bonchev–Trinajstić information content (AvgIpc) is 3.29. The molecule has 2 aliphatic carbocycles. The van der Waals surface area contributed by atoms with Gasteiger partial charge in [0.05, 0.1) is 12.5 Å². The smallest absolute Gasteiger partial charge is 0.242 e. The van der Waals surface area contributed by atoms with Gasteiger partial charge in [-0.25, -0.2) is 0 Å². The van der Waals surface area contributed by atoms with Crippen LogP contribution in [0.5, 0.6) is 0 Å². The van der Waals surface area contributed by atoms with Crippen LogP contribution in [0.1, 0.15) is 51.4 Å². The maximum atomic E-state index is 12.8.